The molecule has 0 spiro atoms. The molecule has 1 fully saturated rings. The van der Waals surface area contributed by atoms with Gasteiger partial charge in [0, 0.05) is 11.3 Å². The highest BCUT2D eigenvalue weighted by Gasteiger charge is 2.47. The molecule has 0 radical (unpaired) electrons. The first-order valence-electron chi connectivity index (χ1n) is 12.7. The van der Waals surface area contributed by atoms with Crippen molar-refractivity contribution in [1.29, 1.82) is 0 Å². The fraction of sp³-hybridized carbons (Fsp3) is 0.258. The number of Topliss-reactive ketones (excluding diaryl/α,β-unsaturated/α-hetero) is 1. The molecular formula is C31H31NO6. The number of carbonyl (C=O) groups excluding carboxylic acids is 3. The van der Waals surface area contributed by atoms with Gasteiger partial charge in [0.2, 0.25) is 0 Å². The Balaban J connectivity index is 1.82. The van der Waals surface area contributed by atoms with Crippen molar-refractivity contribution in [3.63, 3.8) is 0 Å². The van der Waals surface area contributed by atoms with Gasteiger partial charge in [-0.25, -0.2) is 4.79 Å². The number of aliphatic hydroxyl groups is 1. The molecule has 1 N–H and O–H groups in total. The highest BCUT2D eigenvalue weighted by Crippen LogP contribution is 2.42. The summed E-state index contributed by atoms with van der Waals surface area (Å²) in [6.45, 7) is 6.66. The second-order valence-corrected chi connectivity index (χ2v) is 9.14. The second-order valence-electron chi connectivity index (χ2n) is 9.14. The van der Waals surface area contributed by atoms with Crippen LogP contribution in [-0.2, 0) is 14.3 Å². The lowest BCUT2D eigenvalue weighted by Crippen LogP contribution is -2.29. The van der Waals surface area contributed by atoms with Gasteiger partial charge in [0.15, 0.2) is 0 Å². The summed E-state index contributed by atoms with van der Waals surface area (Å²) in [5.41, 5.74) is 2.58. The van der Waals surface area contributed by atoms with Gasteiger partial charge in [-0.2, -0.15) is 0 Å². The number of hydrogen-bond donors (Lipinski definition) is 1. The molecule has 0 saturated carbocycles. The Morgan fingerprint density at radius 2 is 1.61 bits per heavy atom. The van der Waals surface area contributed by atoms with Crippen molar-refractivity contribution < 1.29 is 29.0 Å². The first-order chi connectivity index (χ1) is 18.3. The van der Waals surface area contributed by atoms with Crippen LogP contribution in [0.15, 0.2) is 78.4 Å². The van der Waals surface area contributed by atoms with E-state index in [-0.39, 0.29) is 23.5 Å². The van der Waals surface area contributed by atoms with Crippen LogP contribution >= 0.6 is 0 Å². The number of esters is 1. The first-order valence-corrected chi connectivity index (χ1v) is 12.7. The Labute approximate surface area is 222 Å². The van der Waals surface area contributed by atoms with Gasteiger partial charge < -0.3 is 14.6 Å². The number of rotatable bonds is 9. The van der Waals surface area contributed by atoms with Gasteiger partial charge in [0.1, 0.15) is 11.5 Å². The molecule has 4 rings (SSSR count). The van der Waals surface area contributed by atoms with E-state index < -0.39 is 23.7 Å². The maximum Gasteiger partial charge on any atom is 0.338 e. The van der Waals surface area contributed by atoms with Gasteiger partial charge in [0.25, 0.3) is 11.7 Å². The minimum absolute atomic E-state index is 0.0261. The number of anilines is 1. The average Bonchev–Trinajstić information content (AvgIpc) is 3.20. The predicted molar refractivity (Wildman–Crippen MR) is 145 cm³/mol. The number of aliphatic hydroxyl groups excluding tert-OH is 1. The molecule has 38 heavy (non-hydrogen) atoms. The van der Waals surface area contributed by atoms with Crippen molar-refractivity contribution in [3.05, 3.63) is 101 Å². The van der Waals surface area contributed by atoms with Crippen LogP contribution in [0.25, 0.3) is 5.76 Å². The molecule has 0 aliphatic carbocycles. The number of hydrogen-bond acceptors (Lipinski definition) is 6. The number of amides is 1. The van der Waals surface area contributed by atoms with Crippen molar-refractivity contribution in [2.45, 2.75) is 39.7 Å². The van der Waals surface area contributed by atoms with Crippen LogP contribution < -0.4 is 9.64 Å². The van der Waals surface area contributed by atoms with Crippen molar-refractivity contribution in [2.75, 3.05) is 18.1 Å². The molecule has 3 aromatic rings. The molecule has 0 aromatic heterocycles. The molecule has 1 amide bonds. The normalized spacial score (nSPS) is 16.5. The summed E-state index contributed by atoms with van der Waals surface area (Å²) >= 11 is 0. The molecule has 1 heterocycles. The average molecular weight is 514 g/mol. The van der Waals surface area contributed by atoms with Crippen LogP contribution in [0.2, 0.25) is 0 Å². The molecule has 7 heteroatoms. The minimum Gasteiger partial charge on any atom is -0.507 e. The summed E-state index contributed by atoms with van der Waals surface area (Å²) in [5, 5.41) is 11.3. The van der Waals surface area contributed by atoms with Crippen LogP contribution in [0.1, 0.15) is 59.8 Å². The van der Waals surface area contributed by atoms with Crippen molar-refractivity contribution in [3.8, 4) is 5.75 Å². The lowest BCUT2D eigenvalue weighted by atomic mass is 9.94. The maximum atomic E-state index is 13.4. The third-order valence-electron chi connectivity index (χ3n) is 6.20. The Morgan fingerprint density at radius 1 is 0.895 bits per heavy atom. The molecule has 1 saturated heterocycles. The molecule has 1 unspecified atom stereocenters. The molecule has 1 atom stereocenters. The quantitative estimate of drug-likeness (QED) is 0.164. The molecular weight excluding hydrogens is 482 g/mol. The monoisotopic (exact) mass is 513 g/mol. The number of ether oxygens (including phenoxy) is 2. The van der Waals surface area contributed by atoms with Gasteiger partial charge >= 0.3 is 5.97 Å². The Morgan fingerprint density at radius 3 is 2.29 bits per heavy atom. The van der Waals surface area contributed by atoms with E-state index in [1.165, 1.54) is 11.0 Å². The van der Waals surface area contributed by atoms with Crippen LogP contribution in [0.3, 0.4) is 0 Å². The van der Waals surface area contributed by atoms with E-state index in [1.54, 1.807) is 42.5 Å². The zero-order chi connectivity index (χ0) is 27.2. The van der Waals surface area contributed by atoms with Crippen molar-refractivity contribution in [2.24, 2.45) is 0 Å². The molecule has 3 aromatic carbocycles. The number of ketones is 1. The fourth-order valence-electron chi connectivity index (χ4n) is 4.40. The first kappa shape index (κ1) is 26.7. The van der Waals surface area contributed by atoms with E-state index in [0.717, 1.165) is 12.0 Å². The molecule has 0 bridgehead atoms. The zero-order valence-electron chi connectivity index (χ0n) is 21.8. The number of aryl methyl sites for hydroxylation is 1. The highest BCUT2D eigenvalue weighted by atomic mass is 16.5. The van der Waals surface area contributed by atoms with Crippen LogP contribution in [0, 0.1) is 6.92 Å². The summed E-state index contributed by atoms with van der Waals surface area (Å²) in [4.78, 5) is 40.7. The van der Waals surface area contributed by atoms with E-state index >= 15 is 0 Å². The lowest BCUT2D eigenvalue weighted by Gasteiger charge is -2.26. The molecule has 1 aliphatic rings. The van der Waals surface area contributed by atoms with E-state index in [1.807, 2.05) is 45.0 Å². The van der Waals surface area contributed by atoms with Crippen LogP contribution in [-0.4, -0.2) is 36.0 Å². The van der Waals surface area contributed by atoms with Gasteiger partial charge in [-0.1, -0.05) is 49.7 Å². The zero-order valence-corrected chi connectivity index (χ0v) is 21.8. The van der Waals surface area contributed by atoms with Gasteiger partial charge in [-0.3, -0.25) is 14.5 Å². The Kier molecular flexibility index (Phi) is 8.26. The van der Waals surface area contributed by atoms with Gasteiger partial charge in [0.05, 0.1) is 30.4 Å². The summed E-state index contributed by atoms with van der Waals surface area (Å²) in [6.07, 6.45) is 1.54. The van der Waals surface area contributed by atoms with E-state index in [9.17, 15) is 19.5 Å². The lowest BCUT2D eigenvalue weighted by molar-refractivity contribution is -0.132. The summed E-state index contributed by atoms with van der Waals surface area (Å²) in [5.74, 6) is -1.74. The number of benzene rings is 3. The van der Waals surface area contributed by atoms with Crippen LogP contribution in [0.4, 0.5) is 5.69 Å². The highest BCUT2D eigenvalue weighted by molar-refractivity contribution is 6.51. The molecule has 1 aliphatic heterocycles. The predicted octanol–water partition coefficient (Wildman–Crippen LogP) is 5.98. The Hall–Kier alpha value is -4.39. The smallest absolute Gasteiger partial charge is 0.338 e. The number of nitrogens with zero attached hydrogens (tertiary/aromatic N) is 1. The molecule has 196 valence electrons. The summed E-state index contributed by atoms with van der Waals surface area (Å²) in [7, 11) is 0. The third kappa shape index (κ3) is 5.47. The molecule has 7 nitrogen and oxygen atoms in total. The second kappa shape index (κ2) is 11.8. The van der Waals surface area contributed by atoms with Crippen molar-refractivity contribution >= 4 is 29.1 Å². The summed E-state index contributed by atoms with van der Waals surface area (Å²) in [6, 6.07) is 19.7. The minimum atomic E-state index is -0.896. The van der Waals surface area contributed by atoms with Crippen molar-refractivity contribution in [1.82, 2.24) is 0 Å². The SMILES string of the molecule is CCCOC(=O)c1cccc(N2C(=O)C(=O)/C(=C(/O)c3ccc(OCCC)cc3)C2c2cccc(C)c2)c1. The summed E-state index contributed by atoms with van der Waals surface area (Å²) < 4.78 is 10.9. The largest absolute Gasteiger partial charge is 0.507 e. The van der Waals surface area contributed by atoms with E-state index in [4.69, 9.17) is 9.47 Å². The van der Waals surface area contributed by atoms with Gasteiger partial charge in [-0.15, -0.1) is 0 Å². The maximum absolute atomic E-state index is 13.4. The van der Waals surface area contributed by atoms with Gasteiger partial charge in [-0.05, 0) is 67.8 Å². The number of carbonyl (C=O) groups is 3. The van der Waals surface area contributed by atoms with Crippen LogP contribution in [0.5, 0.6) is 5.75 Å². The van der Waals surface area contributed by atoms with E-state index in [0.29, 0.717) is 35.6 Å². The standard InChI is InChI=1S/C31H31NO6/c1-4-16-37-25-14-12-21(13-15-25)28(33)26-27(22-9-6-8-20(3)18-22)32(30(35)29(26)34)24-11-7-10-23(19-24)31(36)38-17-5-2/h6-15,18-19,27,33H,4-5,16-17H2,1-3H3/b28-26+. The Bertz CT molecular complexity index is 1380. The van der Waals surface area contributed by atoms with E-state index in [2.05, 4.69) is 0 Å². The fourth-order valence-corrected chi connectivity index (χ4v) is 4.40. The third-order valence-corrected chi connectivity index (χ3v) is 6.20. The topological polar surface area (TPSA) is 93.1 Å².